The molecule has 0 radical (unpaired) electrons. The van der Waals surface area contributed by atoms with E-state index in [1.807, 2.05) is 24.4 Å². The number of benzene rings is 1. The molecule has 1 N–H and O–H groups in total. The third-order valence-corrected chi connectivity index (χ3v) is 5.12. The number of fused-ring (bicyclic) bond motifs is 2. The van der Waals surface area contributed by atoms with Gasteiger partial charge in [-0.2, -0.15) is 0 Å². The predicted octanol–water partition coefficient (Wildman–Crippen LogP) is 2.99. The molecule has 1 aromatic heterocycles. The fourth-order valence-electron chi connectivity index (χ4n) is 3.84. The van der Waals surface area contributed by atoms with Crippen LogP contribution in [0.25, 0.3) is 0 Å². The van der Waals surface area contributed by atoms with Crippen molar-refractivity contribution in [3.8, 4) is 5.75 Å². The van der Waals surface area contributed by atoms with Crippen LogP contribution < -0.4 is 10.1 Å². The van der Waals surface area contributed by atoms with Crippen LogP contribution in [-0.2, 0) is 13.1 Å². The molecule has 2 bridgehead atoms. The SMILES string of the molecule is c1ccc(CNCc2ccc(OC34CCCN(CC3)C4)cc2)nc1. The fraction of sp³-hybridized carbons (Fsp3) is 0.450. The molecule has 2 saturated heterocycles. The molecule has 4 nitrogen and oxygen atoms in total. The van der Waals surface area contributed by atoms with Gasteiger partial charge in [0, 0.05) is 38.8 Å². The Labute approximate surface area is 143 Å². The second-order valence-corrected chi connectivity index (χ2v) is 6.98. The number of rotatable bonds is 6. The van der Waals surface area contributed by atoms with Gasteiger partial charge in [-0.05, 0) is 49.2 Å². The van der Waals surface area contributed by atoms with Crippen LogP contribution >= 0.6 is 0 Å². The standard InChI is InChI=1S/C20H25N3O/c1-2-11-22-18(4-1)15-21-14-17-5-7-19(8-6-17)24-20-9-3-12-23(16-20)13-10-20/h1-2,4-8,11,21H,3,9-10,12-16H2. The van der Waals surface area contributed by atoms with Crippen molar-refractivity contribution < 1.29 is 4.74 Å². The molecular formula is C20H25N3O. The number of aromatic nitrogens is 1. The molecule has 4 rings (SSSR count). The molecule has 2 fully saturated rings. The third-order valence-electron chi connectivity index (χ3n) is 5.12. The number of piperidine rings is 1. The van der Waals surface area contributed by atoms with Crippen molar-refractivity contribution >= 4 is 0 Å². The Balaban J connectivity index is 1.30. The molecule has 2 unspecified atom stereocenters. The van der Waals surface area contributed by atoms with Crippen molar-refractivity contribution in [3.05, 3.63) is 59.9 Å². The molecule has 0 saturated carbocycles. The van der Waals surface area contributed by atoms with Gasteiger partial charge in [0.25, 0.3) is 0 Å². The first-order valence-electron chi connectivity index (χ1n) is 8.92. The highest BCUT2D eigenvalue weighted by molar-refractivity contribution is 5.28. The van der Waals surface area contributed by atoms with Gasteiger partial charge in [-0.1, -0.05) is 18.2 Å². The lowest BCUT2D eigenvalue weighted by atomic mass is 9.94. The summed E-state index contributed by atoms with van der Waals surface area (Å²) in [5.74, 6) is 1.01. The van der Waals surface area contributed by atoms with Crippen LogP contribution in [-0.4, -0.2) is 35.1 Å². The van der Waals surface area contributed by atoms with Crippen LogP contribution in [0.3, 0.4) is 0 Å². The number of nitrogens with zero attached hydrogens (tertiary/aromatic N) is 2. The highest BCUT2D eigenvalue weighted by Crippen LogP contribution is 2.35. The maximum absolute atomic E-state index is 6.39. The van der Waals surface area contributed by atoms with E-state index in [9.17, 15) is 0 Å². The molecule has 3 heterocycles. The van der Waals surface area contributed by atoms with Gasteiger partial charge in [-0.25, -0.2) is 0 Å². The minimum absolute atomic E-state index is 0.0665. The molecule has 0 aliphatic carbocycles. The first kappa shape index (κ1) is 15.6. The number of pyridine rings is 1. The van der Waals surface area contributed by atoms with E-state index in [1.165, 1.54) is 37.9 Å². The van der Waals surface area contributed by atoms with E-state index in [-0.39, 0.29) is 5.60 Å². The van der Waals surface area contributed by atoms with Crippen LogP contribution in [0.4, 0.5) is 0 Å². The topological polar surface area (TPSA) is 37.4 Å². The zero-order valence-corrected chi connectivity index (χ0v) is 14.1. The normalized spacial score (nSPS) is 25.6. The van der Waals surface area contributed by atoms with Gasteiger partial charge in [0.15, 0.2) is 0 Å². The van der Waals surface area contributed by atoms with Gasteiger partial charge in [0.2, 0.25) is 0 Å². The van der Waals surface area contributed by atoms with E-state index in [0.717, 1.165) is 31.1 Å². The smallest absolute Gasteiger partial charge is 0.123 e. The quantitative estimate of drug-likeness (QED) is 0.887. The highest BCUT2D eigenvalue weighted by atomic mass is 16.5. The van der Waals surface area contributed by atoms with Crippen LogP contribution in [0.5, 0.6) is 5.75 Å². The van der Waals surface area contributed by atoms with Crippen LogP contribution in [0.2, 0.25) is 0 Å². The number of ether oxygens (including phenoxy) is 1. The summed E-state index contributed by atoms with van der Waals surface area (Å²) in [6, 6.07) is 14.5. The van der Waals surface area contributed by atoms with E-state index < -0.39 is 0 Å². The third kappa shape index (κ3) is 3.60. The Hall–Kier alpha value is -1.91. The Morgan fingerprint density at radius 2 is 1.96 bits per heavy atom. The molecule has 4 heteroatoms. The molecule has 24 heavy (non-hydrogen) atoms. The van der Waals surface area contributed by atoms with Crippen LogP contribution in [0, 0.1) is 0 Å². The lowest BCUT2D eigenvalue weighted by Crippen LogP contribution is -2.43. The molecule has 2 atom stereocenters. The van der Waals surface area contributed by atoms with Gasteiger partial charge < -0.3 is 10.1 Å². The average molecular weight is 323 g/mol. The summed E-state index contributed by atoms with van der Waals surface area (Å²) >= 11 is 0. The minimum atomic E-state index is 0.0665. The molecule has 2 aliphatic rings. The largest absolute Gasteiger partial charge is 0.486 e. The molecule has 0 spiro atoms. The molecule has 1 aromatic carbocycles. The summed E-state index contributed by atoms with van der Waals surface area (Å²) in [6.45, 7) is 5.16. The second-order valence-electron chi connectivity index (χ2n) is 6.98. The summed E-state index contributed by atoms with van der Waals surface area (Å²) in [4.78, 5) is 6.85. The van der Waals surface area contributed by atoms with E-state index in [2.05, 4.69) is 39.5 Å². The molecule has 126 valence electrons. The number of hydrogen-bond acceptors (Lipinski definition) is 4. The van der Waals surface area contributed by atoms with Crippen LogP contribution in [0.1, 0.15) is 30.5 Å². The summed E-state index contributed by atoms with van der Waals surface area (Å²) in [5, 5.41) is 3.43. The summed E-state index contributed by atoms with van der Waals surface area (Å²) in [7, 11) is 0. The average Bonchev–Trinajstić information content (AvgIpc) is 2.91. The van der Waals surface area contributed by atoms with Crippen molar-refractivity contribution in [2.45, 2.75) is 38.0 Å². The zero-order valence-electron chi connectivity index (χ0n) is 14.1. The van der Waals surface area contributed by atoms with Crippen molar-refractivity contribution in [3.63, 3.8) is 0 Å². The predicted molar refractivity (Wildman–Crippen MR) is 94.9 cm³/mol. The van der Waals surface area contributed by atoms with Crippen molar-refractivity contribution in [2.75, 3.05) is 19.6 Å². The number of nitrogens with one attached hydrogen (secondary N) is 1. The van der Waals surface area contributed by atoms with E-state index in [4.69, 9.17) is 4.74 Å². The van der Waals surface area contributed by atoms with Gasteiger partial charge in [-0.15, -0.1) is 0 Å². The van der Waals surface area contributed by atoms with Gasteiger partial charge in [0.05, 0.1) is 5.69 Å². The van der Waals surface area contributed by atoms with Crippen molar-refractivity contribution in [1.29, 1.82) is 0 Å². The Morgan fingerprint density at radius 3 is 2.79 bits per heavy atom. The van der Waals surface area contributed by atoms with Crippen molar-refractivity contribution in [2.24, 2.45) is 0 Å². The Bertz CT molecular complexity index is 654. The first-order valence-corrected chi connectivity index (χ1v) is 8.92. The number of hydrogen-bond donors (Lipinski definition) is 1. The van der Waals surface area contributed by atoms with E-state index in [0.29, 0.717) is 0 Å². The molecule has 0 amide bonds. The van der Waals surface area contributed by atoms with Gasteiger partial charge in [0.1, 0.15) is 11.4 Å². The Kier molecular flexibility index (Phi) is 4.50. The Morgan fingerprint density at radius 1 is 1.04 bits per heavy atom. The lowest BCUT2D eigenvalue weighted by molar-refractivity contribution is 0.0453. The summed E-state index contributed by atoms with van der Waals surface area (Å²) < 4.78 is 6.39. The maximum atomic E-state index is 6.39. The van der Waals surface area contributed by atoms with Gasteiger partial charge >= 0.3 is 0 Å². The minimum Gasteiger partial charge on any atom is -0.486 e. The maximum Gasteiger partial charge on any atom is 0.123 e. The molecular weight excluding hydrogens is 298 g/mol. The summed E-state index contributed by atoms with van der Waals surface area (Å²) in [6.07, 6.45) is 5.45. The molecule has 2 aliphatic heterocycles. The fourth-order valence-corrected chi connectivity index (χ4v) is 3.84. The lowest BCUT2D eigenvalue weighted by Gasteiger charge is -2.34. The van der Waals surface area contributed by atoms with E-state index >= 15 is 0 Å². The monoisotopic (exact) mass is 323 g/mol. The van der Waals surface area contributed by atoms with Gasteiger partial charge in [-0.3, -0.25) is 9.88 Å². The molecule has 2 aromatic rings. The highest BCUT2D eigenvalue weighted by Gasteiger charge is 2.42. The van der Waals surface area contributed by atoms with Crippen LogP contribution in [0.15, 0.2) is 48.7 Å². The van der Waals surface area contributed by atoms with E-state index in [1.54, 1.807) is 0 Å². The second kappa shape index (κ2) is 6.91. The van der Waals surface area contributed by atoms with Crippen molar-refractivity contribution in [1.82, 2.24) is 15.2 Å². The first-order chi connectivity index (χ1) is 11.8. The zero-order chi connectivity index (χ0) is 16.2. The summed E-state index contributed by atoms with van der Waals surface area (Å²) in [5.41, 5.74) is 2.41.